The lowest BCUT2D eigenvalue weighted by atomic mass is 10.1. The molecule has 29 heavy (non-hydrogen) atoms. The Morgan fingerprint density at radius 1 is 0.966 bits per heavy atom. The Balaban J connectivity index is 2.04. The topological polar surface area (TPSA) is 95.6 Å². The molecule has 2 aromatic carbocycles. The van der Waals surface area contributed by atoms with Crippen molar-refractivity contribution in [3.05, 3.63) is 59.2 Å². The number of nitrogens with one attached hydrogen (secondary N) is 2. The molecule has 2 N–H and O–H groups in total. The van der Waals surface area contributed by atoms with Gasteiger partial charge in [0.1, 0.15) is 0 Å². The van der Waals surface area contributed by atoms with Crippen molar-refractivity contribution in [2.24, 2.45) is 0 Å². The number of rotatable bonds is 8. The van der Waals surface area contributed by atoms with E-state index in [0.29, 0.717) is 18.8 Å². The van der Waals surface area contributed by atoms with Crippen LogP contribution in [0.3, 0.4) is 0 Å². The van der Waals surface area contributed by atoms with Crippen LogP contribution in [0.2, 0.25) is 0 Å². The van der Waals surface area contributed by atoms with Crippen LogP contribution in [0.15, 0.2) is 47.4 Å². The van der Waals surface area contributed by atoms with Crippen molar-refractivity contribution in [3.63, 3.8) is 0 Å². The molecule has 0 bridgehead atoms. The average molecular weight is 418 g/mol. The van der Waals surface area contributed by atoms with Crippen molar-refractivity contribution in [3.8, 4) is 0 Å². The molecule has 0 saturated carbocycles. The molecule has 0 aliphatic heterocycles. The van der Waals surface area contributed by atoms with Gasteiger partial charge in [-0.3, -0.25) is 9.59 Å². The van der Waals surface area contributed by atoms with Crippen molar-refractivity contribution in [1.82, 2.24) is 9.62 Å². The van der Waals surface area contributed by atoms with E-state index in [-0.39, 0.29) is 22.9 Å². The molecule has 0 saturated heterocycles. The lowest BCUT2D eigenvalue weighted by Crippen LogP contribution is -2.33. The average Bonchev–Trinajstić information content (AvgIpc) is 2.69. The van der Waals surface area contributed by atoms with Gasteiger partial charge in [-0.15, -0.1) is 0 Å². The Kier molecular flexibility index (Phi) is 7.53. The maximum atomic E-state index is 12.6. The summed E-state index contributed by atoms with van der Waals surface area (Å²) in [6.07, 6.45) is 0. The van der Waals surface area contributed by atoms with Gasteiger partial charge in [-0.25, -0.2) is 8.42 Å². The fourth-order valence-electron chi connectivity index (χ4n) is 2.80. The van der Waals surface area contributed by atoms with Crippen LogP contribution in [-0.4, -0.2) is 44.2 Å². The summed E-state index contributed by atoms with van der Waals surface area (Å²) < 4.78 is 26.6. The third-order valence-corrected chi connectivity index (χ3v) is 6.69. The maximum absolute atomic E-state index is 12.6. The second kappa shape index (κ2) is 9.67. The van der Waals surface area contributed by atoms with Crippen LogP contribution in [0, 0.1) is 13.8 Å². The number of carbonyl (C=O) groups excluding carboxylic acids is 2. The molecule has 2 aromatic rings. The molecule has 2 rings (SSSR count). The van der Waals surface area contributed by atoms with Gasteiger partial charge < -0.3 is 10.6 Å². The minimum atomic E-state index is -3.66. The molecule has 0 spiro atoms. The van der Waals surface area contributed by atoms with Crippen LogP contribution in [0.25, 0.3) is 0 Å². The zero-order chi connectivity index (χ0) is 21.6. The first-order valence-electron chi connectivity index (χ1n) is 9.44. The monoisotopic (exact) mass is 417 g/mol. The van der Waals surface area contributed by atoms with Gasteiger partial charge >= 0.3 is 0 Å². The Morgan fingerprint density at radius 2 is 1.66 bits per heavy atom. The van der Waals surface area contributed by atoms with Gasteiger partial charge in [0.05, 0.1) is 11.4 Å². The van der Waals surface area contributed by atoms with Crippen LogP contribution in [0.4, 0.5) is 5.69 Å². The highest BCUT2D eigenvalue weighted by Crippen LogP contribution is 2.17. The van der Waals surface area contributed by atoms with Crippen LogP contribution < -0.4 is 10.6 Å². The minimum Gasteiger partial charge on any atom is -0.343 e. The van der Waals surface area contributed by atoms with E-state index >= 15 is 0 Å². The third kappa shape index (κ3) is 5.65. The molecule has 0 heterocycles. The Labute approximate surface area is 172 Å². The highest BCUT2D eigenvalue weighted by molar-refractivity contribution is 7.89. The number of benzene rings is 2. The standard InChI is InChI=1S/C21H27N3O4S/c1-5-24(6-2)29(27,28)19-9-7-8-17(13-19)21(26)22-14-20(25)23-18-11-10-15(3)16(4)12-18/h7-13H,5-6,14H2,1-4H3,(H,22,26)(H,23,25). The van der Waals surface area contributed by atoms with Gasteiger partial charge in [0.15, 0.2) is 0 Å². The number of sulfonamides is 1. The van der Waals surface area contributed by atoms with Gasteiger partial charge in [-0.1, -0.05) is 26.0 Å². The van der Waals surface area contributed by atoms with E-state index in [1.54, 1.807) is 19.9 Å². The second-order valence-corrected chi connectivity index (χ2v) is 8.58. The van der Waals surface area contributed by atoms with Crippen molar-refractivity contribution >= 4 is 27.5 Å². The van der Waals surface area contributed by atoms with Crippen molar-refractivity contribution < 1.29 is 18.0 Å². The fraction of sp³-hybridized carbons (Fsp3) is 0.333. The van der Waals surface area contributed by atoms with Gasteiger partial charge in [0, 0.05) is 24.3 Å². The molecule has 0 atom stereocenters. The summed E-state index contributed by atoms with van der Waals surface area (Å²) >= 11 is 0. The number of hydrogen-bond donors (Lipinski definition) is 2. The number of nitrogens with zero attached hydrogens (tertiary/aromatic N) is 1. The lowest BCUT2D eigenvalue weighted by molar-refractivity contribution is -0.115. The number of anilines is 1. The van der Waals surface area contributed by atoms with E-state index in [9.17, 15) is 18.0 Å². The van der Waals surface area contributed by atoms with Crippen LogP contribution in [0.1, 0.15) is 35.3 Å². The first-order valence-corrected chi connectivity index (χ1v) is 10.9. The Bertz CT molecular complexity index is 999. The quantitative estimate of drug-likeness (QED) is 0.690. The SMILES string of the molecule is CCN(CC)S(=O)(=O)c1cccc(C(=O)NCC(=O)Nc2ccc(C)c(C)c2)c1. The van der Waals surface area contributed by atoms with E-state index in [0.717, 1.165) is 11.1 Å². The zero-order valence-electron chi connectivity index (χ0n) is 17.2. The molecule has 7 nitrogen and oxygen atoms in total. The van der Waals surface area contributed by atoms with Crippen LogP contribution in [-0.2, 0) is 14.8 Å². The summed E-state index contributed by atoms with van der Waals surface area (Å²) in [5, 5.41) is 5.25. The molecule has 0 aliphatic rings. The van der Waals surface area contributed by atoms with Crippen molar-refractivity contribution in [2.45, 2.75) is 32.6 Å². The molecular weight excluding hydrogens is 390 g/mol. The first kappa shape index (κ1) is 22.6. The first-order chi connectivity index (χ1) is 13.7. The summed E-state index contributed by atoms with van der Waals surface area (Å²) in [5.74, 6) is -0.884. The Morgan fingerprint density at radius 3 is 2.28 bits per heavy atom. The number of amides is 2. The van der Waals surface area contributed by atoms with Crippen LogP contribution >= 0.6 is 0 Å². The smallest absolute Gasteiger partial charge is 0.251 e. The normalized spacial score (nSPS) is 11.3. The number of hydrogen-bond acceptors (Lipinski definition) is 4. The maximum Gasteiger partial charge on any atom is 0.251 e. The molecule has 0 fully saturated rings. The summed E-state index contributed by atoms with van der Waals surface area (Å²) in [6, 6.07) is 11.4. The summed E-state index contributed by atoms with van der Waals surface area (Å²) in [5.41, 5.74) is 3.01. The minimum absolute atomic E-state index is 0.0495. The molecule has 2 amide bonds. The Hall–Kier alpha value is -2.71. The van der Waals surface area contributed by atoms with Crippen molar-refractivity contribution in [1.29, 1.82) is 0 Å². The highest BCUT2D eigenvalue weighted by atomic mass is 32.2. The molecule has 0 aliphatic carbocycles. The van der Waals surface area contributed by atoms with E-state index in [1.807, 2.05) is 26.0 Å². The molecule has 0 radical (unpaired) electrons. The molecule has 156 valence electrons. The molecule has 0 aromatic heterocycles. The van der Waals surface area contributed by atoms with Crippen molar-refractivity contribution in [2.75, 3.05) is 25.0 Å². The van der Waals surface area contributed by atoms with E-state index in [4.69, 9.17) is 0 Å². The van der Waals surface area contributed by atoms with Gasteiger partial charge in [-0.2, -0.15) is 4.31 Å². The van der Waals surface area contributed by atoms with E-state index < -0.39 is 15.9 Å². The number of carbonyl (C=O) groups is 2. The predicted octanol–water partition coefficient (Wildman–Crippen LogP) is 2.70. The lowest BCUT2D eigenvalue weighted by Gasteiger charge is -2.18. The zero-order valence-corrected chi connectivity index (χ0v) is 18.0. The third-order valence-electron chi connectivity index (χ3n) is 4.64. The van der Waals surface area contributed by atoms with Crippen LogP contribution in [0.5, 0.6) is 0 Å². The second-order valence-electron chi connectivity index (χ2n) is 6.65. The van der Waals surface area contributed by atoms with Gasteiger partial charge in [-0.05, 0) is 55.3 Å². The fourth-order valence-corrected chi connectivity index (χ4v) is 4.30. The predicted molar refractivity (Wildman–Crippen MR) is 113 cm³/mol. The largest absolute Gasteiger partial charge is 0.343 e. The summed E-state index contributed by atoms with van der Waals surface area (Å²) in [7, 11) is -3.66. The van der Waals surface area contributed by atoms with E-state index in [2.05, 4.69) is 10.6 Å². The highest BCUT2D eigenvalue weighted by Gasteiger charge is 2.22. The molecular formula is C21H27N3O4S. The summed E-state index contributed by atoms with van der Waals surface area (Å²) in [4.78, 5) is 24.5. The van der Waals surface area contributed by atoms with Gasteiger partial charge in [0.25, 0.3) is 5.91 Å². The molecule has 0 unspecified atom stereocenters. The van der Waals surface area contributed by atoms with Gasteiger partial charge in [0.2, 0.25) is 15.9 Å². The van der Waals surface area contributed by atoms with E-state index in [1.165, 1.54) is 28.6 Å². The number of aryl methyl sites for hydroxylation is 2. The molecule has 8 heteroatoms. The summed E-state index contributed by atoms with van der Waals surface area (Å²) in [6.45, 7) is 7.90.